The van der Waals surface area contributed by atoms with Gasteiger partial charge in [0.15, 0.2) is 16.7 Å². The summed E-state index contributed by atoms with van der Waals surface area (Å²) in [5.74, 6) is 1.04. The largest absolute Gasteiger partial charge is 0.493 e. The van der Waals surface area contributed by atoms with Crippen LogP contribution in [-0.4, -0.2) is 29.6 Å². The normalized spacial score (nSPS) is 15.4. The number of nitrogens with zero attached hydrogens (tertiary/aromatic N) is 3. The first-order chi connectivity index (χ1) is 17.6. The molecule has 4 rings (SSSR count). The second kappa shape index (κ2) is 11.6. The highest BCUT2D eigenvalue weighted by atomic mass is 32.2. The van der Waals surface area contributed by atoms with Gasteiger partial charge in [0, 0.05) is 12.1 Å². The zero-order chi connectivity index (χ0) is 25.5. The van der Waals surface area contributed by atoms with Crippen LogP contribution in [0.1, 0.15) is 36.1 Å². The molecule has 1 amide bonds. The summed E-state index contributed by atoms with van der Waals surface area (Å²) < 4.78 is 11.5. The maximum Gasteiger partial charge on any atom is 0.266 e. The van der Waals surface area contributed by atoms with Crippen molar-refractivity contribution >= 4 is 34.6 Å². The Hall–Kier alpha value is -4.02. The number of hydrogen-bond acceptors (Lipinski definition) is 6. The van der Waals surface area contributed by atoms with Crippen LogP contribution in [0.15, 0.2) is 76.6 Å². The lowest BCUT2D eigenvalue weighted by Gasteiger charge is -2.13. The van der Waals surface area contributed by atoms with Crippen molar-refractivity contribution in [3.05, 3.63) is 93.9 Å². The highest BCUT2D eigenvalue weighted by Gasteiger charge is 2.32. The number of aliphatic imine (C=N–C) groups is 1. The molecule has 0 bridgehead atoms. The average Bonchev–Trinajstić information content (AvgIpc) is 3.21. The van der Waals surface area contributed by atoms with Gasteiger partial charge < -0.3 is 9.47 Å². The van der Waals surface area contributed by atoms with Crippen LogP contribution in [0.4, 0.5) is 5.69 Å². The number of carbonyl (C=O) groups excluding carboxylic acids is 1. The molecule has 1 fully saturated rings. The number of rotatable bonds is 8. The zero-order valence-electron chi connectivity index (χ0n) is 20.5. The predicted molar refractivity (Wildman–Crippen MR) is 144 cm³/mol. The first-order valence-electron chi connectivity index (χ1n) is 11.7. The lowest BCUT2D eigenvalue weighted by Crippen LogP contribution is -2.28. The highest BCUT2D eigenvalue weighted by Crippen LogP contribution is 2.36. The quantitative estimate of drug-likeness (QED) is 0.340. The molecule has 0 N–H and O–H groups in total. The Morgan fingerprint density at radius 2 is 1.78 bits per heavy atom. The fourth-order valence-electron chi connectivity index (χ4n) is 3.85. The van der Waals surface area contributed by atoms with E-state index < -0.39 is 0 Å². The van der Waals surface area contributed by atoms with Crippen molar-refractivity contribution in [1.82, 2.24) is 4.90 Å². The molecule has 7 heteroatoms. The first kappa shape index (κ1) is 25.1. The average molecular weight is 498 g/mol. The minimum absolute atomic E-state index is 0.0670. The van der Waals surface area contributed by atoms with Crippen LogP contribution in [0.2, 0.25) is 0 Å². The summed E-state index contributed by atoms with van der Waals surface area (Å²) in [5.41, 5.74) is 4.23. The van der Waals surface area contributed by atoms with Gasteiger partial charge in [0.1, 0.15) is 6.61 Å². The lowest BCUT2D eigenvalue weighted by atomic mass is 10.1. The van der Waals surface area contributed by atoms with Crippen molar-refractivity contribution in [2.75, 3.05) is 13.7 Å². The summed E-state index contributed by atoms with van der Waals surface area (Å²) in [5, 5.41) is 9.97. The van der Waals surface area contributed by atoms with Gasteiger partial charge >= 0.3 is 0 Å². The van der Waals surface area contributed by atoms with E-state index in [2.05, 4.69) is 19.1 Å². The summed E-state index contributed by atoms with van der Waals surface area (Å²) >= 11 is 1.37. The molecule has 0 saturated carbocycles. The van der Waals surface area contributed by atoms with Gasteiger partial charge in [-0.25, -0.2) is 4.99 Å². The third-order valence-electron chi connectivity index (χ3n) is 5.80. The second-order valence-corrected chi connectivity index (χ2v) is 9.01. The molecule has 0 aliphatic carbocycles. The molecule has 0 unspecified atom stereocenters. The summed E-state index contributed by atoms with van der Waals surface area (Å²) in [4.78, 5) is 20.2. The van der Waals surface area contributed by atoms with Crippen molar-refractivity contribution in [2.45, 2.75) is 26.9 Å². The zero-order valence-corrected chi connectivity index (χ0v) is 21.3. The van der Waals surface area contributed by atoms with Crippen LogP contribution in [-0.2, 0) is 17.8 Å². The second-order valence-electron chi connectivity index (χ2n) is 8.00. The third-order valence-corrected chi connectivity index (χ3v) is 6.81. The number of methoxy groups -OCH3 is 1. The molecule has 0 radical (unpaired) electrons. The minimum atomic E-state index is -0.0670. The van der Waals surface area contributed by atoms with Gasteiger partial charge in [-0.2, -0.15) is 5.26 Å². The van der Waals surface area contributed by atoms with Gasteiger partial charge in [0.05, 0.1) is 29.3 Å². The number of benzene rings is 3. The maximum atomic E-state index is 13.1. The van der Waals surface area contributed by atoms with Gasteiger partial charge in [0.2, 0.25) is 0 Å². The Morgan fingerprint density at radius 3 is 2.50 bits per heavy atom. The molecule has 1 saturated heterocycles. The molecule has 3 aromatic carbocycles. The van der Waals surface area contributed by atoms with Crippen LogP contribution in [0.25, 0.3) is 6.08 Å². The van der Waals surface area contributed by atoms with E-state index in [4.69, 9.17) is 14.5 Å². The number of thioether (sulfide) groups is 1. The number of hydrogen-bond donors (Lipinski definition) is 0. The summed E-state index contributed by atoms with van der Waals surface area (Å²) in [6, 6.07) is 23.0. The molecule has 182 valence electrons. The standard InChI is InChI=1S/C29H27N3O3S/c1-4-21-10-8-9-13-24(21)31-29-32(5-2)28(33)27(36-29)17-20-14-15-25(26(16-20)34-3)35-19-23-12-7-6-11-22(23)18-30/h6-17H,4-5,19H2,1-3H3/b27-17+,31-29?. The SMILES string of the molecule is CCc1ccccc1N=C1S/C(=C/c2ccc(OCc3ccccc3C#N)c(OC)c2)C(=O)N1CC. The van der Waals surface area contributed by atoms with Crippen LogP contribution in [0, 0.1) is 11.3 Å². The number of nitriles is 1. The molecule has 1 heterocycles. The van der Waals surface area contributed by atoms with Crippen molar-refractivity contribution in [2.24, 2.45) is 4.99 Å². The summed E-state index contributed by atoms with van der Waals surface area (Å²) in [6.07, 6.45) is 2.72. The van der Waals surface area contributed by atoms with Crippen LogP contribution in [0.5, 0.6) is 11.5 Å². The predicted octanol–water partition coefficient (Wildman–Crippen LogP) is 6.33. The molecule has 0 spiro atoms. The van der Waals surface area contributed by atoms with E-state index in [0.29, 0.717) is 33.7 Å². The Bertz CT molecular complexity index is 1370. The fraction of sp³-hybridized carbons (Fsp3) is 0.207. The molecular weight excluding hydrogens is 470 g/mol. The number of amides is 1. The molecule has 0 aromatic heterocycles. The van der Waals surface area contributed by atoms with Crippen molar-refractivity contribution < 1.29 is 14.3 Å². The number of carbonyl (C=O) groups is 1. The van der Waals surface area contributed by atoms with E-state index in [9.17, 15) is 10.1 Å². The molecule has 0 atom stereocenters. The van der Waals surface area contributed by atoms with Gasteiger partial charge in [0.25, 0.3) is 5.91 Å². The van der Waals surface area contributed by atoms with Crippen LogP contribution >= 0.6 is 11.8 Å². The van der Waals surface area contributed by atoms with E-state index in [-0.39, 0.29) is 12.5 Å². The molecule has 3 aromatic rings. The Morgan fingerprint density at radius 1 is 1.03 bits per heavy atom. The van der Waals surface area contributed by atoms with Gasteiger partial charge in [-0.15, -0.1) is 0 Å². The van der Waals surface area contributed by atoms with Crippen molar-refractivity contribution in [1.29, 1.82) is 5.26 Å². The lowest BCUT2D eigenvalue weighted by molar-refractivity contribution is -0.122. The highest BCUT2D eigenvalue weighted by molar-refractivity contribution is 8.18. The van der Waals surface area contributed by atoms with Gasteiger partial charge in [-0.3, -0.25) is 9.69 Å². The molecule has 1 aliphatic heterocycles. The smallest absolute Gasteiger partial charge is 0.266 e. The number of amidine groups is 1. The van der Waals surface area contributed by atoms with Crippen molar-refractivity contribution in [3.8, 4) is 17.6 Å². The minimum Gasteiger partial charge on any atom is -0.493 e. The fourth-order valence-corrected chi connectivity index (χ4v) is 4.90. The van der Waals surface area contributed by atoms with Crippen LogP contribution < -0.4 is 9.47 Å². The maximum absolute atomic E-state index is 13.1. The molecular formula is C29H27N3O3S. The van der Waals surface area contributed by atoms with Crippen LogP contribution in [0.3, 0.4) is 0 Å². The number of likely N-dealkylation sites (N-methyl/N-ethyl adjacent to an activating group) is 1. The third kappa shape index (κ3) is 5.45. The Balaban J connectivity index is 1.57. The number of ether oxygens (including phenoxy) is 2. The number of para-hydroxylation sites is 1. The van der Waals surface area contributed by atoms with E-state index in [1.165, 1.54) is 11.8 Å². The van der Waals surface area contributed by atoms with Gasteiger partial charge in [-0.05, 0) is 66.6 Å². The summed E-state index contributed by atoms with van der Waals surface area (Å²) in [7, 11) is 1.58. The topological polar surface area (TPSA) is 74.9 Å². The van der Waals surface area contributed by atoms with Crippen molar-refractivity contribution in [3.63, 3.8) is 0 Å². The Labute approximate surface area is 215 Å². The Kier molecular flexibility index (Phi) is 8.09. The monoisotopic (exact) mass is 497 g/mol. The van der Waals surface area contributed by atoms with E-state index in [1.807, 2.05) is 67.6 Å². The van der Waals surface area contributed by atoms with E-state index in [0.717, 1.165) is 28.8 Å². The van der Waals surface area contributed by atoms with Gasteiger partial charge in [-0.1, -0.05) is 49.4 Å². The van der Waals surface area contributed by atoms with E-state index in [1.54, 1.807) is 18.1 Å². The molecule has 6 nitrogen and oxygen atoms in total. The summed E-state index contributed by atoms with van der Waals surface area (Å²) in [6.45, 7) is 4.83. The van der Waals surface area contributed by atoms with E-state index >= 15 is 0 Å². The number of aryl methyl sites for hydroxylation is 1. The first-order valence-corrected chi connectivity index (χ1v) is 12.6. The molecule has 1 aliphatic rings. The molecule has 36 heavy (non-hydrogen) atoms.